The van der Waals surface area contributed by atoms with Gasteiger partial charge in [0.05, 0.1) is 11.6 Å². The van der Waals surface area contributed by atoms with Crippen LogP contribution in [0.5, 0.6) is 0 Å². The van der Waals surface area contributed by atoms with E-state index in [1.54, 1.807) is 18.2 Å². The zero-order valence-corrected chi connectivity index (χ0v) is 18.2. The van der Waals surface area contributed by atoms with Crippen molar-refractivity contribution >= 4 is 45.1 Å². The van der Waals surface area contributed by atoms with Crippen LogP contribution >= 0.6 is 22.6 Å². The van der Waals surface area contributed by atoms with E-state index in [1.165, 1.54) is 29.4 Å². The lowest BCUT2D eigenvalue weighted by molar-refractivity contribution is -0.141. The molecule has 158 valence electrons. The summed E-state index contributed by atoms with van der Waals surface area (Å²) in [6, 6.07) is 8.92. The average molecular weight is 528 g/mol. The van der Waals surface area contributed by atoms with Crippen LogP contribution in [0.2, 0.25) is 0 Å². The molecule has 1 N–H and O–H groups in total. The Morgan fingerprint density at radius 2 is 1.93 bits per heavy atom. The number of fused-ring (bicyclic) bond motifs is 1. The van der Waals surface area contributed by atoms with Gasteiger partial charge in [0.2, 0.25) is 0 Å². The van der Waals surface area contributed by atoms with Gasteiger partial charge < -0.3 is 5.32 Å². The quantitative estimate of drug-likeness (QED) is 0.341. The Balaban J connectivity index is 1.49. The van der Waals surface area contributed by atoms with E-state index in [9.17, 15) is 18.0 Å². The molecule has 30 heavy (non-hydrogen) atoms. The Morgan fingerprint density at radius 1 is 1.17 bits per heavy atom. The van der Waals surface area contributed by atoms with Crippen molar-refractivity contribution in [2.24, 2.45) is 5.92 Å². The first-order valence-corrected chi connectivity index (χ1v) is 11.3. The van der Waals surface area contributed by atoms with Gasteiger partial charge in [0, 0.05) is 21.7 Å². The van der Waals surface area contributed by atoms with Crippen LogP contribution in [0.3, 0.4) is 0 Å². The zero-order chi connectivity index (χ0) is 21.3. The van der Waals surface area contributed by atoms with E-state index in [-0.39, 0.29) is 5.69 Å². The molecule has 0 spiro atoms. The number of anilines is 1. The Morgan fingerprint density at radius 3 is 2.63 bits per heavy atom. The van der Waals surface area contributed by atoms with E-state index in [2.05, 4.69) is 38.0 Å². The normalized spacial score (nSPS) is 19.7. The summed E-state index contributed by atoms with van der Waals surface area (Å²) in [5.74, 6) is 0.100. The van der Waals surface area contributed by atoms with Crippen LogP contribution in [0.15, 0.2) is 42.6 Å². The van der Waals surface area contributed by atoms with Gasteiger partial charge in [-0.05, 0) is 61.9 Å². The summed E-state index contributed by atoms with van der Waals surface area (Å²) in [4.78, 5) is 15.8. The number of benzene rings is 1. The van der Waals surface area contributed by atoms with Crippen molar-refractivity contribution in [1.82, 2.24) is 14.8 Å². The average Bonchev–Trinajstić information content (AvgIpc) is 3.16. The molecule has 9 heteroatoms. The van der Waals surface area contributed by atoms with Crippen molar-refractivity contribution in [3.63, 3.8) is 0 Å². The standard InChI is InChI=1S/C21H20F3IN4O/c22-21(23,24)19-3-1-2-18(27-19)20(30)26-15-6-9-17-14(10-15)12-29(28-17)16-7-4-13(11-25)5-8-16/h1-3,6,9-10,12-13,16H,4-5,7-8,11H2,(H,26,30)/t13-,16-. The lowest BCUT2D eigenvalue weighted by atomic mass is 9.87. The predicted octanol–water partition coefficient (Wildman–Crippen LogP) is 5.87. The predicted molar refractivity (Wildman–Crippen MR) is 117 cm³/mol. The lowest BCUT2D eigenvalue weighted by Crippen LogP contribution is -2.19. The largest absolute Gasteiger partial charge is 0.433 e. The third kappa shape index (κ3) is 4.60. The molecule has 1 saturated carbocycles. The monoisotopic (exact) mass is 528 g/mol. The SMILES string of the molecule is O=C(Nc1ccc2nn([C@H]3CC[C@H](CI)CC3)cc2c1)c1cccc(C(F)(F)F)n1. The first kappa shape index (κ1) is 21.1. The molecular weight excluding hydrogens is 508 g/mol. The summed E-state index contributed by atoms with van der Waals surface area (Å²) in [7, 11) is 0. The molecule has 2 aromatic heterocycles. The van der Waals surface area contributed by atoms with Gasteiger partial charge in [-0.1, -0.05) is 28.7 Å². The molecule has 0 saturated heterocycles. The van der Waals surface area contributed by atoms with Gasteiger partial charge >= 0.3 is 6.18 Å². The summed E-state index contributed by atoms with van der Waals surface area (Å²) >= 11 is 2.45. The van der Waals surface area contributed by atoms with Gasteiger partial charge in [0.1, 0.15) is 11.4 Å². The molecule has 0 unspecified atom stereocenters. The van der Waals surface area contributed by atoms with Crippen molar-refractivity contribution in [1.29, 1.82) is 0 Å². The third-order valence-corrected chi connectivity index (χ3v) is 6.71. The second-order valence-corrected chi connectivity index (χ2v) is 8.45. The zero-order valence-electron chi connectivity index (χ0n) is 16.0. The van der Waals surface area contributed by atoms with Crippen molar-refractivity contribution in [2.45, 2.75) is 37.9 Å². The van der Waals surface area contributed by atoms with E-state index in [4.69, 9.17) is 0 Å². The first-order chi connectivity index (χ1) is 14.3. The maximum Gasteiger partial charge on any atom is 0.433 e. The number of pyridine rings is 1. The first-order valence-electron chi connectivity index (χ1n) is 9.74. The van der Waals surface area contributed by atoms with Crippen LogP contribution in [0.1, 0.15) is 47.9 Å². The highest BCUT2D eigenvalue weighted by molar-refractivity contribution is 14.1. The second kappa shape index (κ2) is 8.52. The van der Waals surface area contributed by atoms with E-state index in [0.717, 1.165) is 35.7 Å². The Kier molecular flexibility index (Phi) is 5.99. The fraction of sp³-hybridized carbons (Fsp3) is 0.381. The van der Waals surface area contributed by atoms with Gasteiger partial charge in [0.15, 0.2) is 0 Å². The number of hydrogen-bond acceptors (Lipinski definition) is 3. The van der Waals surface area contributed by atoms with Crippen molar-refractivity contribution < 1.29 is 18.0 Å². The molecule has 1 aliphatic carbocycles. The van der Waals surface area contributed by atoms with Crippen molar-refractivity contribution in [2.75, 3.05) is 9.74 Å². The summed E-state index contributed by atoms with van der Waals surface area (Å²) in [6.45, 7) is 0. The lowest BCUT2D eigenvalue weighted by Gasteiger charge is -2.27. The highest BCUT2D eigenvalue weighted by Crippen LogP contribution is 2.34. The molecule has 5 nitrogen and oxygen atoms in total. The minimum atomic E-state index is -4.60. The van der Waals surface area contributed by atoms with Crippen LogP contribution in [-0.2, 0) is 6.18 Å². The molecule has 2 heterocycles. The minimum Gasteiger partial charge on any atom is -0.321 e. The number of halogens is 4. The molecule has 0 aliphatic heterocycles. The molecule has 4 rings (SSSR count). The van der Waals surface area contributed by atoms with E-state index >= 15 is 0 Å². The Labute approximate surface area is 185 Å². The van der Waals surface area contributed by atoms with Gasteiger partial charge in [-0.3, -0.25) is 9.48 Å². The molecule has 3 aromatic rings. The van der Waals surface area contributed by atoms with E-state index in [0.29, 0.717) is 11.7 Å². The molecule has 0 atom stereocenters. The van der Waals surface area contributed by atoms with Crippen LogP contribution in [-0.4, -0.2) is 25.1 Å². The van der Waals surface area contributed by atoms with Crippen LogP contribution in [0, 0.1) is 5.92 Å². The smallest absolute Gasteiger partial charge is 0.321 e. The fourth-order valence-corrected chi connectivity index (χ4v) is 4.67. The maximum absolute atomic E-state index is 12.8. The van der Waals surface area contributed by atoms with Crippen molar-refractivity contribution in [3.05, 3.63) is 54.0 Å². The van der Waals surface area contributed by atoms with Crippen LogP contribution in [0.25, 0.3) is 10.9 Å². The summed E-state index contributed by atoms with van der Waals surface area (Å²) in [5, 5.41) is 8.17. The van der Waals surface area contributed by atoms with Crippen LogP contribution < -0.4 is 5.32 Å². The maximum atomic E-state index is 12.8. The summed E-state index contributed by atoms with van der Waals surface area (Å²) in [5.41, 5.74) is -0.0714. The van der Waals surface area contributed by atoms with Gasteiger partial charge in [-0.25, -0.2) is 4.98 Å². The van der Waals surface area contributed by atoms with Crippen LogP contribution in [0.4, 0.5) is 18.9 Å². The molecule has 0 bridgehead atoms. The van der Waals surface area contributed by atoms with E-state index in [1.807, 2.05) is 10.9 Å². The number of nitrogens with zero attached hydrogens (tertiary/aromatic N) is 3. The number of amides is 1. The molecule has 1 fully saturated rings. The fourth-order valence-electron chi connectivity index (χ4n) is 3.79. The van der Waals surface area contributed by atoms with Gasteiger partial charge in [-0.15, -0.1) is 0 Å². The molecule has 1 amide bonds. The number of aromatic nitrogens is 3. The molecule has 0 radical (unpaired) electrons. The summed E-state index contributed by atoms with van der Waals surface area (Å²) in [6.07, 6.45) is 1.99. The molecule has 1 aliphatic rings. The third-order valence-electron chi connectivity index (χ3n) is 5.46. The number of rotatable bonds is 4. The highest BCUT2D eigenvalue weighted by atomic mass is 127. The number of hydrogen-bond donors (Lipinski definition) is 1. The summed E-state index contributed by atoms with van der Waals surface area (Å²) < 4.78 is 41.7. The topological polar surface area (TPSA) is 59.8 Å². The number of carbonyl (C=O) groups excluding carboxylic acids is 1. The number of nitrogens with one attached hydrogen (secondary N) is 1. The minimum absolute atomic E-state index is 0.285. The molecule has 1 aromatic carbocycles. The van der Waals surface area contributed by atoms with Gasteiger partial charge in [-0.2, -0.15) is 18.3 Å². The molecular formula is C21H20F3IN4O. The van der Waals surface area contributed by atoms with Gasteiger partial charge in [0.25, 0.3) is 5.91 Å². The number of carbonyl (C=O) groups is 1. The Hall–Kier alpha value is -2.17. The number of alkyl halides is 4. The second-order valence-electron chi connectivity index (χ2n) is 7.57. The highest BCUT2D eigenvalue weighted by Gasteiger charge is 2.33. The van der Waals surface area contributed by atoms with Crippen molar-refractivity contribution in [3.8, 4) is 0 Å². The van der Waals surface area contributed by atoms with E-state index < -0.39 is 17.8 Å². The Bertz CT molecular complexity index is 1060.